The molecular weight excluding hydrogens is 443 g/mol. The maximum Gasteiger partial charge on any atom is 0.131 e. The van der Waals surface area contributed by atoms with Gasteiger partial charge in [-0.25, -0.2) is 4.39 Å². The van der Waals surface area contributed by atoms with E-state index in [1.807, 2.05) is 12.1 Å². The van der Waals surface area contributed by atoms with Gasteiger partial charge in [-0.15, -0.1) is 23.5 Å². The van der Waals surface area contributed by atoms with Gasteiger partial charge in [0.15, 0.2) is 0 Å². The van der Waals surface area contributed by atoms with Crippen molar-refractivity contribution in [3.05, 3.63) is 59.4 Å². The van der Waals surface area contributed by atoms with Crippen LogP contribution in [0.25, 0.3) is 11.1 Å². The highest BCUT2D eigenvalue weighted by Crippen LogP contribution is 2.47. The first-order chi connectivity index (χ1) is 16.2. The van der Waals surface area contributed by atoms with Crippen LogP contribution in [0.3, 0.4) is 0 Å². The maximum absolute atomic E-state index is 15.1. The van der Waals surface area contributed by atoms with Gasteiger partial charge in [0, 0.05) is 5.56 Å². The van der Waals surface area contributed by atoms with Crippen molar-refractivity contribution in [1.29, 1.82) is 0 Å². The number of rotatable bonds is 9. The van der Waals surface area contributed by atoms with E-state index in [2.05, 4.69) is 67.7 Å². The number of hydrogen-bond donors (Lipinski definition) is 0. The summed E-state index contributed by atoms with van der Waals surface area (Å²) < 4.78 is 15.6. The summed E-state index contributed by atoms with van der Waals surface area (Å²) in [6.07, 6.45) is 13.1. The molecule has 0 amide bonds. The minimum atomic E-state index is -0.0627. The van der Waals surface area contributed by atoms with E-state index in [1.54, 1.807) is 0 Å². The molecular formula is C30H41FS2. The lowest BCUT2D eigenvalue weighted by molar-refractivity contribution is 0.308. The molecule has 2 aromatic rings. The van der Waals surface area contributed by atoms with Crippen molar-refractivity contribution in [2.24, 2.45) is 11.8 Å². The smallest absolute Gasteiger partial charge is 0.131 e. The Kier molecular flexibility index (Phi) is 9.67. The molecule has 1 saturated heterocycles. The topological polar surface area (TPSA) is 0 Å². The summed E-state index contributed by atoms with van der Waals surface area (Å²) >= 11 is 4.19. The molecule has 33 heavy (non-hydrogen) atoms. The third-order valence-electron chi connectivity index (χ3n) is 7.68. The van der Waals surface area contributed by atoms with Gasteiger partial charge in [0.05, 0.1) is 4.58 Å². The van der Waals surface area contributed by atoms with Crippen molar-refractivity contribution in [3.63, 3.8) is 0 Å². The SMILES string of the molecule is CCCCC[C@H]1CS[C@H](c2ccc(-c3ccc(C4CCC(CCC)CC4)cc3F)cc2)SC1. The highest BCUT2D eigenvalue weighted by molar-refractivity contribution is 8.16. The van der Waals surface area contributed by atoms with E-state index >= 15 is 4.39 Å². The normalized spacial score (nSPS) is 25.8. The lowest BCUT2D eigenvalue weighted by atomic mass is 9.77. The van der Waals surface area contributed by atoms with Crippen LogP contribution in [0.5, 0.6) is 0 Å². The fourth-order valence-corrected chi connectivity index (χ4v) is 8.78. The van der Waals surface area contributed by atoms with Crippen LogP contribution in [-0.2, 0) is 0 Å². The molecule has 180 valence electrons. The van der Waals surface area contributed by atoms with Crippen molar-refractivity contribution < 1.29 is 4.39 Å². The number of halogens is 1. The summed E-state index contributed by atoms with van der Waals surface area (Å²) in [6.45, 7) is 4.56. The third kappa shape index (κ3) is 6.82. The van der Waals surface area contributed by atoms with E-state index in [4.69, 9.17) is 0 Å². The second kappa shape index (κ2) is 12.7. The van der Waals surface area contributed by atoms with Crippen LogP contribution in [0, 0.1) is 17.7 Å². The average Bonchev–Trinajstić information content (AvgIpc) is 2.85. The average molecular weight is 485 g/mol. The van der Waals surface area contributed by atoms with Gasteiger partial charge in [-0.2, -0.15) is 0 Å². The molecule has 0 nitrogen and oxygen atoms in total. The van der Waals surface area contributed by atoms with Gasteiger partial charge in [-0.05, 0) is 84.1 Å². The molecule has 2 fully saturated rings. The molecule has 0 aromatic heterocycles. The lowest BCUT2D eigenvalue weighted by Crippen LogP contribution is -2.14. The molecule has 0 atom stereocenters. The zero-order chi connectivity index (χ0) is 23.0. The van der Waals surface area contributed by atoms with E-state index in [0.717, 1.165) is 23.0 Å². The molecule has 4 rings (SSSR count). The Morgan fingerprint density at radius 3 is 2.09 bits per heavy atom. The van der Waals surface area contributed by atoms with E-state index in [1.165, 1.54) is 86.8 Å². The molecule has 0 bridgehead atoms. The van der Waals surface area contributed by atoms with E-state index in [9.17, 15) is 0 Å². The molecule has 0 radical (unpaired) electrons. The van der Waals surface area contributed by atoms with Crippen molar-refractivity contribution in [2.75, 3.05) is 11.5 Å². The molecule has 0 N–H and O–H groups in total. The number of benzene rings is 2. The van der Waals surface area contributed by atoms with Crippen LogP contribution in [-0.4, -0.2) is 11.5 Å². The minimum Gasteiger partial charge on any atom is -0.206 e. The molecule has 3 heteroatoms. The molecule has 1 saturated carbocycles. The number of hydrogen-bond acceptors (Lipinski definition) is 2. The number of thioether (sulfide) groups is 2. The summed E-state index contributed by atoms with van der Waals surface area (Å²) in [5.41, 5.74) is 4.32. The van der Waals surface area contributed by atoms with E-state index < -0.39 is 0 Å². The predicted octanol–water partition coefficient (Wildman–Crippen LogP) is 10.2. The molecule has 2 aliphatic rings. The van der Waals surface area contributed by atoms with Gasteiger partial charge in [-0.1, -0.05) is 82.3 Å². The Labute approximate surface area is 209 Å². The Hall–Kier alpha value is -0.930. The molecule has 1 aliphatic heterocycles. The van der Waals surface area contributed by atoms with Gasteiger partial charge in [0.25, 0.3) is 0 Å². The Balaban J connectivity index is 1.33. The zero-order valence-electron chi connectivity index (χ0n) is 20.5. The van der Waals surface area contributed by atoms with Crippen LogP contribution in [0.1, 0.15) is 99.7 Å². The van der Waals surface area contributed by atoms with Crippen LogP contribution >= 0.6 is 23.5 Å². The predicted molar refractivity (Wildman–Crippen MR) is 147 cm³/mol. The third-order valence-corrected chi connectivity index (χ3v) is 11.0. The Morgan fingerprint density at radius 1 is 0.758 bits per heavy atom. The summed E-state index contributed by atoms with van der Waals surface area (Å²) in [5, 5.41) is 0. The highest BCUT2D eigenvalue weighted by Gasteiger charge is 2.24. The molecule has 0 unspecified atom stereocenters. The second-order valence-corrected chi connectivity index (χ2v) is 12.8. The molecule has 0 spiro atoms. The summed E-state index contributed by atoms with van der Waals surface area (Å²) in [5.74, 6) is 4.79. The fourth-order valence-electron chi connectivity index (χ4n) is 5.62. The van der Waals surface area contributed by atoms with Gasteiger partial charge in [0.2, 0.25) is 0 Å². The minimum absolute atomic E-state index is 0.0627. The van der Waals surface area contributed by atoms with E-state index in [-0.39, 0.29) is 5.82 Å². The summed E-state index contributed by atoms with van der Waals surface area (Å²) in [7, 11) is 0. The first-order valence-electron chi connectivity index (χ1n) is 13.3. The van der Waals surface area contributed by atoms with Crippen LogP contribution in [0.4, 0.5) is 4.39 Å². The van der Waals surface area contributed by atoms with E-state index in [0.29, 0.717) is 10.5 Å². The first kappa shape index (κ1) is 25.2. The fraction of sp³-hybridized carbons (Fsp3) is 0.600. The van der Waals surface area contributed by atoms with Gasteiger partial charge >= 0.3 is 0 Å². The number of unbranched alkanes of at least 4 members (excludes halogenated alkanes) is 2. The molecule has 2 aromatic carbocycles. The first-order valence-corrected chi connectivity index (χ1v) is 15.4. The maximum atomic E-state index is 15.1. The summed E-state index contributed by atoms with van der Waals surface area (Å²) in [4.78, 5) is 0. The standard InChI is InChI=1S/C30H41FS2/c1-3-5-6-8-23-20-32-30(33-21-23)26-15-13-25(14-16-26)28-18-17-27(19-29(28)31)24-11-9-22(7-4-2)10-12-24/h13-19,22-24,30H,3-12,20-21H2,1-2H3/t22?,23-,24?,30-. The zero-order valence-corrected chi connectivity index (χ0v) is 22.2. The van der Waals surface area contributed by atoms with Crippen LogP contribution in [0.2, 0.25) is 0 Å². The van der Waals surface area contributed by atoms with Crippen molar-refractivity contribution >= 4 is 23.5 Å². The van der Waals surface area contributed by atoms with Crippen LogP contribution in [0.15, 0.2) is 42.5 Å². The van der Waals surface area contributed by atoms with Crippen LogP contribution < -0.4 is 0 Å². The van der Waals surface area contributed by atoms with Gasteiger partial charge in [-0.3, -0.25) is 0 Å². The molecule has 1 heterocycles. The largest absolute Gasteiger partial charge is 0.206 e. The monoisotopic (exact) mass is 484 g/mol. The Bertz CT molecular complexity index is 846. The van der Waals surface area contributed by atoms with Crippen molar-refractivity contribution in [2.45, 2.75) is 88.6 Å². The quantitative estimate of drug-likeness (QED) is 0.325. The highest BCUT2D eigenvalue weighted by atomic mass is 32.2. The van der Waals surface area contributed by atoms with Gasteiger partial charge < -0.3 is 0 Å². The van der Waals surface area contributed by atoms with Crippen molar-refractivity contribution in [1.82, 2.24) is 0 Å². The molecule has 1 aliphatic carbocycles. The van der Waals surface area contributed by atoms with Gasteiger partial charge in [0.1, 0.15) is 5.82 Å². The lowest BCUT2D eigenvalue weighted by Gasteiger charge is -2.29. The summed E-state index contributed by atoms with van der Waals surface area (Å²) in [6, 6.07) is 14.7. The Morgan fingerprint density at radius 2 is 1.45 bits per heavy atom. The van der Waals surface area contributed by atoms with Crippen molar-refractivity contribution in [3.8, 4) is 11.1 Å². The second-order valence-electron chi connectivity index (χ2n) is 10.2.